The van der Waals surface area contributed by atoms with E-state index in [-0.39, 0.29) is 0 Å². The lowest BCUT2D eigenvalue weighted by Gasteiger charge is -2.30. The normalized spacial score (nSPS) is 14.6. The summed E-state index contributed by atoms with van der Waals surface area (Å²) < 4.78 is 0. The van der Waals surface area contributed by atoms with Crippen LogP contribution in [-0.2, 0) is 13.0 Å². The van der Waals surface area contributed by atoms with Gasteiger partial charge in [-0.1, -0.05) is 24.3 Å². The largest absolute Gasteiger partial charge is 0.364 e. The van der Waals surface area contributed by atoms with E-state index in [9.17, 15) is 0 Å². The Morgan fingerprint density at radius 3 is 2.56 bits per heavy atom. The zero-order valence-electron chi connectivity index (χ0n) is 9.00. The molecule has 0 fully saturated rings. The molecule has 1 aliphatic rings. The fraction of sp³-hybridized carbons (Fsp3) is 0.231. The first-order chi connectivity index (χ1) is 7.93. The second-order valence-corrected chi connectivity index (χ2v) is 4.04. The number of hydrogen-bond donors (Lipinski definition) is 0. The first-order valence-corrected chi connectivity index (χ1v) is 5.50. The standard InChI is InChI=1S/C13H13N3/c1-2-4-12-9-16(6-5-11(12)3-1)13-7-14-10-15-8-13/h1-4,7-8,10H,5-6,9H2. The maximum Gasteiger partial charge on any atom is 0.115 e. The van der Waals surface area contributed by atoms with E-state index in [0.29, 0.717) is 0 Å². The summed E-state index contributed by atoms with van der Waals surface area (Å²) in [5.74, 6) is 0. The lowest BCUT2D eigenvalue weighted by atomic mass is 10.00. The van der Waals surface area contributed by atoms with Crippen molar-refractivity contribution in [2.24, 2.45) is 0 Å². The maximum absolute atomic E-state index is 4.06. The van der Waals surface area contributed by atoms with Gasteiger partial charge in [0.1, 0.15) is 6.33 Å². The number of hydrogen-bond acceptors (Lipinski definition) is 3. The molecule has 0 saturated heterocycles. The van der Waals surface area contributed by atoms with Crippen LogP contribution >= 0.6 is 0 Å². The van der Waals surface area contributed by atoms with E-state index < -0.39 is 0 Å². The number of anilines is 1. The Bertz CT molecular complexity index is 482. The molecule has 0 radical (unpaired) electrons. The Kier molecular flexibility index (Phi) is 2.29. The monoisotopic (exact) mass is 211 g/mol. The van der Waals surface area contributed by atoms with Gasteiger partial charge in [0.25, 0.3) is 0 Å². The van der Waals surface area contributed by atoms with Crippen molar-refractivity contribution in [1.29, 1.82) is 0 Å². The SMILES string of the molecule is c1ccc2c(c1)CCN(c1cncnc1)C2. The average molecular weight is 211 g/mol. The second kappa shape index (κ2) is 3.93. The third-order valence-corrected chi connectivity index (χ3v) is 3.04. The van der Waals surface area contributed by atoms with Gasteiger partial charge in [-0.25, -0.2) is 9.97 Å². The lowest BCUT2D eigenvalue weighted by Crippen LogP contribution is -2.30. The molecular formula is C13H13N3. The highest BCUT2D eigenvalue weighted by atomic mass is 15.1. The molecule has 0 atom stereocenters. The van der Waals surface area contributed by atoms with E-state index in [4.69, 9.17) is 0 Å². The molecule has 16 heavy (non-hydrogen) atoms. The molecule has 0 unspecified atom stereocenters. The maximum atomic E-state index is 4.06. The number of nitrogens with zero attached hydrogens (tertiary/aromatic N) is 3. The summed E-state index contributed by atoms with van der Waals surface area (Å²) in [6, 6.07) is 8.63. The molecule has 0 aliphatic carbocycles. The van der Waals surface area contributed by atoms with Crippen molar-refractivity contribution < 1.29 is 0 Å². The Hall–Kier alpha value is -1.90. The Morgan fingerprint density at radius 2 is 1.75 bits per heavy atom. The second-order valence-electron chi connectivity index (χ2n) is 4.04. The fourth-order valence-corrected chi connectivity index (χ4v) is 2.17. The highest BCUT2D eigenvalue weighted by Crippen LogP contribution is 2.22. The first kappa shape index (κ1) is 9.33. The molecular weight excluding hydrogens is 198 g/mol. The van der Waals surface area contributed by atoms with Crippen molar-refractivity contribution in [3.63, 3.8) is 0 Å². The highest BCUT2D eigenvalue weighted by molar-refractivity contribution is 5.46. The molecule has 1 aromatic carbocycles. The fourth-order valence-electron chi connectivity index (χ4n) is 2.17. The van der Waals surface area contributed by atoms with E-state index in [1.54, 1.807) is 6.33 Å². The van der Waals surface area contributed by atoms with E-state index in [0.717, 1.165) is 25.2 Å². The Labute approximate surface area is 94.8 Å². The van der Waals surface area contributed by atoms with Crippen LogP contribution in [0.3, 0.4) is 0 Å². The number of fused-ring (bicyclic) bond motifs is 1. The van der Waals surface area contributed by atoms with Crippen LogP contribution in [0.2, 0.25) is 0 Å². The van der Waals surface area contributed by atoms with Gasteiger partial charge < -0.3 is 4.90 Å². The molecule has 0 spiro atoms. The Morgan fingerprint density at radius 1 is 1.00 bits per heavy atom. The molecule has 3 nitrogen and oxygen atoms in total. The van der Waals surface area contributed by atoms with Crippen LogP contribution in [0, 0.1) is 0 Å². The van der Waals surface area contributed by atoms with Gasteiger partial charge in [-0.15, -0.1) is 0 Å². The lowest BCUT2D eigenvalue weighted by molar-refractivity contribution is 0.728. The molecule has 0 bridgehead atoms. The van der Waals surface area contributed by atoms with Gasteiger partial charge in [0.2, 0.25) is 0 Å². The van der Waals surface area contributed by atoms with Crippen LogP contribution in [-0.4, -0.2) is 16.5 Å². The molecule has 1 aromatic heterocycles. The van der Waals surface area contributed by atoms with Gasteiger partial charge in [-0.3, -0.25) is 0 Å². The predicted molar refractivity (Wildman–Crippen MR) is 63.2 cm³/mol. The molecule has 80 valence electrons. The van der Waals surface area contributed by atoms with Gasteiger partial charge in [-0.2, -0.15) is 0 Å². The zero-order valence-corrected chi connectivity index (χ0v) is 9.00. The van der Waals surface area contributed by atoms with Crippen molar-refractivity contribution in [3.05, 3.63) is 54.1 Å². The summed E-state index contributed by atoms with van der Waals surface area (Å²) in [7, 11) is 0. The van der Waals surface area contributed by atoms with Crippen molar-refractivity contribution in [2.45, 2.75) is 13.0 Å². The zero-order chi connectivity index (χ0) is 10.8. The third-order valence-electron chi connectivity index (χ3n) is 3.04. The van der Waals surface area contributed by atoms with Gasteiger partial charge in [0, 0.05) is 13.1 Å². The minimum Gasteiger partial charge on any atom is -0.364 e. The van der Waals surface area contributed by atoms with Crippen LogP contribution < -0.4 is 4.90 Å². The Balaban J connectivity index is 1.89. The van der Waals surface area contributed by atoms with Gasteiger partial charge in [0.15, 0.2) is 0 Å². The van der Waals surface area contributed by atoms with Crippen molar-refractivity contribution in [1.82, 2.24) is 9.97 Å². The van der Waals surface area contributed by atoms with Crippen LogP contribution in [0.4, 0.5) is 5.69 Å². The van der Waals surface area contributed by atoms with Crippen molar-refractivity contribution in [2.75, 3.05) is 11.4 Å². The smallest absolute Gasteiger partial charge is 0.115 e. The summed E-state index contributed by atoms with van der Waals surface area (Å²) in [5, 5.41) is 0. The molecule has 0 amide bonds. The number of rotatable bonds is 1. The molecule has 0 saturated carbocycles. The van der Waals surface area contributed by atoms with Gasteiger partial charge in [0.05, 0.1) is 18.1 Å². The van der Waals surface area contributed by atoms with Crippen LogP contribution in [0.5, 0.6) is 0 Å². The predicted octanol–water partition coefficient (Wildman–Crippen LogP) is 2.04. The van der Waals surface area contributed by atoms with Crippen LogP contribution in [0.25, 0.3) is 0 Å². The molecule has 2 aromatic rings. The number of benzene rings is 1. The molecule has 2 heterocycles. The van der Waals surface area contributed by atoms with Crippen LogP contribution in [0.1, 0.15) is 11.1 Å². The topological polar surface area (TPSA) is 29.0 Å². The third kappa shape index (κ3) is 1.65. The summed E-state index contributed by atoms with van der Waals surface area (Å²) in [6.07, 6.45) is 6.42. The van der Waals surface area contributed by atoms with Crippen LogP contribution in [0.15, 0.2) is 43.0 Å². The molecule has 3 rings (SSSR count). The van der Waals surface area contributed by atoms with Gasteiger partial charge in [-0.05, 0) is 17.5 Å². The average Bonchev–Trinajstić information content (AvgIpc) is 2.39. The number of aromatic nitrogens is 2. The molecule has 1 aliphatic heterocycles. The summed E-state index contributed by atoms with van der Waals surface area (Å²) in [6.45, 7) is 2.01. The first-order valence-electron chi connectivity index (χ1n) is 5.50. The van der Waals surface area contributed by atoms with E-state index in [1.165, 1.54) is 11.1 Å². The quantitative estimate of drug-likeness (QED) is 0.722. The van der Waals surface area contributed by atoms with E-state index in [1.807, 2.05) is 12.4 Å². The minimum absolute atomic E-state index is 0.962. The van der Waals surface area contributed by atoms with Gasteiger partial charge >= 0.3 is 0 Å². The van der Waals surface area contributed by atoms with E-state index in [2.05, 4.69) is 39.1 Å². The minimum atomic E-state index is 0.962. The van der Waals surface area contributed by atoms with E-state index >= 15 is 0 Å². The van der Waals surface area contributed by atoms with Crippen molar-refractivity contribution >= 4 is 5.69 Å². The molecule has 0 N–H and O–H groups in total. The summed E-state index contributed by atoms with van der Waals surface area (Å²) in [5.41, 5.74) is 3.99. The highest BCUT2D eigenvalue weighted by Gasteiger charge is 2.15. The summed E-state index contributed by atoms with van der Waals surface area (Å²) >= 11 is 0. The van der Waals surface area contributed by atoms with Crippen molar-refractivity contribution in [3.8, 4) is 0 Å². The summed E-state index contributed by atoms with van der Waals surface area (Å²) in [4.78, 5) is 10.4. The molecule has 3 heteroatoms.